The van der Waals surface area contributed by atoms with Crippen LogP contribution in [0.2, 0.25) is 10.2 Å². The summed E-state index contributed by atoms with van der Waals surface area (Å²) in [6, 6.07) is 4.34. The van der Waals surface area contributed by atoms with Gasteiger partial charge in [-0.05, 0) is 12.1 Å². The van der Waals surface area contributed by atoms with E-state index in [9.17, 15) is 4.39 Å². The number of hydrogen-bond acceptors (Lipinski definition) is 4. The first-order valence-electron chi connectivity index (χ1n) is 4.47. The molecule has 7 heteroatoms. The molecule has 0 spiro atoms. The Morgan fingerprint density at radius 3 is 2.76 bits per heavy atom. The molecule has 0 saturated carbocycles. The predicted molar refractivity (Wildman–Crippen MR) is 62.9 cm³/mol. The summed E-state index contributed by atoms with van der Waals surface area (Å²) in [4.78, 5) is 7.40. The van der Waals surface area contributed by atoms with Gasteiger partial charge in [0.2, 0.25) is 5.88 Å². The second kappa shape index (κ2) is 4.73. The maximum atomic E-state index is 13.5. The van der Waals surface area contributed by atoms with Gasteiger partial charge in [-0.2, -0.15) is 4.98 Å². The second-order valence-electron chi connectivity index (χ2n) is 3.04. The van der Waals surface area contributed by atoms with Crippen LogP contribution in [0.15, 0.2) is 24.5 Å². The van der Waals surface area contributed by atoms with Crippen molar-refractivity contribution in [2.45, 2.75) is 0 Å². The van der Waals surface area contributed by atoms with Crippen LogP contribution >= 0.6 is 23.2 Å². The summed E-state index contributed by atoms with van der Waals surface area (Å²) < 4.78 is 18.7. The van der Waals surface area contributed by atoms with Gasteiger partial charge in [0.25, 0.3) is 0 Å². The van der Waals surface area contributed by atoms with Gasteiger partial charge in [0.15, 0.2) is 16.7 Å². The summed E-state index contributed by atoms with van der Waals surface area (Å²) in [5.74, 6) is -0.798. The lowest BCUT2D eigenvalue weighted by Crippen LogP contribution is -1.98. The topological polar surface area (TPSA) is 61.0 Å². The lowest BCUT2D eigenvalue weighted by Gasteiger charge is -2.08. The number of rotatable bonds is 2. The van der Waals surface area contributed by atoms with Crippen LogP contribution < -0.4 is 10.5 Å². The fourth-order valence-corrected chi connectivity index (χ4v) is 1.40. The molecule has 0 unspecified atom stereocenters. The van der Waals surface area contributed by atoms with E-state index < -0.39 is 5.82 Å². The van der Waals surface area contributed by atoms with Gasteiger partial charge < -0.3 is 10.5 Å². The molecule has 2 rings (SSSR count). The van der Waals surface area contributed by atoms with Crippen LogP contribution in [0.4, 0.5) is 10.1 Å². The van der Waals surface area contributed by atoms with Crippen LogP contribution in [0.1, 0.15) is 0 Å². The Balaban J connectivity index is 2.38. The maximum absolute atomic E-state index is 13.5. The standard InChI is InChI=1S/C10H6Cl2FN3O/c11-5-2-1-3-6(7(5)13)17-10-8(14)9(12)15-4-16-10/h1-4H,14H2. The molecular formula is C10H6Cl2FN3O. The van der Waals surface area contributed by atoms with E-state index in [1.807, 2.05) is 0 Å². The number of nitrogens with two attached hydrogens (primary N) is 1. The van der Waals surface area contributed by atoms with Crippen molar-refractivity contribution in [2.24, 2.45) is 0 Å². The molecule has 2 N–H and O–H groups in total. The normalized spacial score (nSPS) is 10.3. The molecule has 0 radical (unpaired) electrons. The van der Waals surface area contributed by atoms with Crippen LogP contribution in [0, 0.1) is 5.82 Å². The minimum absolute atomic E-state index is 0.0221. The number of nitrogens with zero attached hydrogens (tertiary/aromatic N) is 2. The van der Waals surface area contributed by atoms with Gasteiger partial charge in [-0.15, -0.1) is 0 Å². The highest BCUT2D eigenvalue weighted by atomic mass is 35.5. The monoisotopic (exact) mass is 273 g/mol. The first kappa shape index (κ1) is 11.9. The highest BCUT2D eigenvalue weighted by Gasteiger charge is 2.12. The predicted octanol–water partition coefficient (Wildman–Crippen LogP) is 3.30. The van der Waals surface area contributed by atoms with Crippen LogP contribution in [-0.4, -0.2) is 9.97 Å². The Morgan fingerprint density at radius 1 is 1.24 bits per heavy atom. The Labute approximate surface area is 106 Å². The second-order valence-corrected chi connectivity index (χ2v) is 3.80. The Bertz CT molecular complexity index is 516. The molecule has 1 aromatic heterocycles. The van der Waals surface area contributed by atoms with E-state index in [1.54, 1.807) is 6.07 Å². The van der Waals surface area contributed by atoms with Crippen LogP contribution in [0.3, 0.4) is 0 Å². The first-order chi connectivity index (χ1) is 8.09. The largest absolute Gasteiger partial charge is 0.434 e. The van der Waals surface area contributed by atoms with Gasteiger partial charge in [0, 0.05) is 0 Å². The molecule has 88 valence electrons. The van der Waals surface area contributed by atoms with Crippen molar-refractivity contribution in [3.63, 3.8) is 0 Å². The summed E-state index contributed by atoms with van der Waals surface area (Å²) in [7, 11) is 0. The number of halogens is 3. The van der Waals surface area contributed by atoms with Crippen molar-refractivity contribution < 1.29 is 9.13 Å². The van der Waals surface area contributed by atoms with Crippen molar-refractivity contribution >= 4 is 28.9 Å². The molecule has 0 aliphatic heterocycles. The molecule has 2 aromatic rings. The van der Waals surface area contributed by atoms with E-state index in [2.05, 4.69) is 9.97 Å². The number of hydrogen-bond donors (Lipinski definition) is 1. The van der Waals surface area contributed by atoms with Crippen LogP contribution in [0.5, 0.6) is 11.6 Å². The molecule has 0 bridgehead atoms. The molecule has 0 aliphatic rings. The SMILES string of the molecule is Nc1c(Cl)ncnc1Oc1cccc(Cl)c1F. The third-order valence-electron chi connectivity index (χ3n) is 1.92. The Hall–Kier alpha value is -1.59. The maximum Gasteiger partial charge on any atom is 0.247 e. The number of ether oxygens (including phenoxy) is 1. The van der Waals surface area contributed by atoms with E-state index in [0.29, 0.717) is 0 Å². The number of aromatic nitrogens is 2. The number of benzene rings is 1. The first-order valence-corrected chi connectivity index (χ1v) is 5.23. The Morgan fingerprint density at radius 2 is 2.00 bits per heavy atom. The van der Waals surface area contributed by atoms with Gasteiger partial charge >= 0.3 is 0 Å². The van der Waals surface area contributed by atoms with E-state index in [-0.39, 0.29) is 27.5 Å². The molecule has 0 amide bonds. The van der Waals surface area contributed by atoms with Gasteiger partial charge in [-0.25, -0.2) is 9.37 Å². The minimum Gasteiger partial charge on any atom is -0.434 e. The van der Waals surface area contributed by atoms with Crippen molar-refractivity contribution in [1.82, 2.24) is 9.97 Å². The molecular weight excluding hydrogens is 268 g/mol. The van der Waals surface area contributed by atoms with Gasteiger partial charge in [0.05, 0.1) is 5.02 Å². The van der Waals surface area contributed by atoms with Crippen molar-refractivity contribution in [2.75, 3.05) is 5.73 Å². The molecule has 0 fully saturated rings. The fraction of sp³-hybridized carbons (Fsp3) is 0. The zero-order valence-corrected chi connectivity index (χ0v) is 9.84. The van der Waals surface area contributed by atoms with E-state index in [4.69, 9.17) is 33.7 Å². The third-order valence-corrected chi connectivity index (χ3v) is 2.51. The molecule has 17 heavy (non-hydrogen) atoms. The zero-order valence-electron chi connectivity index (χ0n) is 8.32. The van der Waals surface area contributed by atoms with E-state index in [1.165, 1.54) is 12.1 Å². The smallest absolute Gasteiger partial charge is 0.247 e. The molecule has 0 saturated heterocycles. The third kappa shape index (κ3) is 2.40. The highest BCUT2D eigenvalue weighted by Crippen LogP contribution is 2.32. The molecule has 0 atom stereocenters. The highest BCUT2D eigenvalue weighted by molar-refractivity contribution is 6.32. The molecule has 4 nitrogen and oxygen atoms in total. The van der Waals surface area contributed by atoms with Gasteiger partial charge in [-0.3, -0.25) is 0 Å². The van der Waals surface area contributed by atoms with Gasteiger partial charge in [0.1, 0.15) is 12.0 Å². The summed E-state index contributed by atoms with van der Waals surface area (Å²) >= 11 is 11.3. The lowest BCUT2D eigenvalue weighted by molar-refractivity contribution is 0.429. The Kier molecular flexibility index (Phi) is 3.31. The average Bonchev–Trinajstić information content (AvgIpc) is 2.31. The molecule has 0 aliphatic carbocycles. The molecule has 1 heterocycles. The summed E-state index contributed by atoms with van der Waals surface area (Å²) in [6.45, 7) is 0. The van der Waals surface area contributed by atoms with E-state index in [0.717, 1.165) is 6.33 Å². The minimum atomic E-state index is -0.691. The lowest BCUT2D eigenvalue weighted by atomic mass is 10.3. The van der Waals surface area contributed by atoms with E-state index >= 15 is 0 Å². The fourth-order valence-electron chi connectivity index (χ4n) is 1.11. The quantitative estimate of drug-likeness (QED) is 0.853. The summed E-state index contributed by atoms with van der Waals surface area (Å²) in [6.07, 6.45) is 1.16. The van der Waals surface area contributed by atoms with Crippen molar-refractivity contribution in [3.8, 4) is 11.6 Å². The van der Waals surface area contributed by atoms with Gasteiger partial charge in [-0.1, -0.05) is 29.3 Å². The summed E-state index contributed by atoms with van der Waals surface area (Å²) in [5, 5.41) is -0.0151. The van der Waals surface area contributed by atoms with Crippen LogP contribution in [-0.2, 0) is 0 Å². The average molecular weight is 274 g/mol. The zero-order chi connectivity index (χ0) is 12.4. The molecule has 1 aromatic carbocycles. The van der Waals surface area contributed by atoms with Crippen molar-refractivity contribution in [1.29, 1.82) is 0 Å². The number of anilines is 1. The summed E-state index contributed by atoms with van der Waals surface area (Å²) in [5.41, 5.74) is 5.62. The van der Waals surface area contributed by atoms with Crippen LogP contribution in [0.25, 0.3) is 0 Å². The number of nitrogen functional groups attached to an aromatic ring is 1. The van der Waals surface area contributed by atoms with Crippen molar-refractivity contribution in [3.05, 3.63) is 40.5 Å².